The van der Waals surface area contributed by atoms with Crippen LogP contribution in [0.1, 0.15) is 24.8 Å². The number of carbonyl (C=O) groups is 1. The Balaban J connectivity index is 1.59. The summed E-state index contributed by atoms with van der Waals surface area (Å²) in [5.74, 6) is 0.894. The standard InChI is InChI=1S/C20H18Cl3N3O2/c1-2-26(12-13-3-8-16(22)17(23)11-13)19(27)10-9-18-24-20(25-28-18)14-4-6-15(21)7-5-14/h3-8,11H,2,9-10,12H2,1H3. The molecule has 0 aliphatic rings. The number of aromatic nitrogens is 2. The van der Waals surface area contributed by atoms with Crippen LogP contribution in [0, 0.1) is 0 Å². The fraction of sp³-hybridized carbons (Fsp3) is 0.250. The van der Waals surface area contributed by atoms with Crippen molar-refractivity contribution in [3.05, 3.63) is 69.0 Å². The fourth-order valence-electron chi connectivity index (χ4n) is 2.68. The molecule has 0 fully saturated rings. The van der Waals surface area contributed by atoms with Crippen molar-refractivity contribution in [3.63, 3.8) is 0 Å². The Morgan fingerprint density at radius 1 is 1.07 bits per heavy atom. The topological polar surface area (TPSA) is 59.2 Å². The first-order chi connectivity index (χ1) is 13.5. The summed E-state index contributed by atoms with van der Waals surface area (Å²) >= 11 is 17.9. The third kappa shape index (κ3) is 5.25. The molecule has 0 saturated carbocycles. The number of hydrogen-bond acceptors (Lipinski definition) is 4. The Kier molecular flexibility index (Phi) is 6.94. The predicted molar refractivity (Wildman–Crippen MR) is 111 cm³/mol. The van der Waals surface area contributed by atoms with Gasteiger partial charge in [-0.25, -0.2) is 0 Å². The smallest absolute Gasteiger partial charge is 0.227 e. The van der Waals surface area contributed by atoms with E-state index in [2.05, 4.69) is 10.1 Å². The maximum absolute atomic E-state index is 12.6. The molecule has 5 nitrogen and oxygen atoms in total. The van der Waals surface area contributed by atoms with E-state index in [-0.39, 0.29) is 12.3 Å². The Hall–Kier alpha value is -2.08. The average Bonchev–Trinajstić information content (AvgIpc) is 3.16. The number of aryl methyl sites for hydroxylation is 1. The Bertz CT molecular complexity index is 958. The Morgan fingerprint density at radius 3 is 2.50 bits per heavy atom. The van der Waals surface area contributed by atoms with Crippen molar-refractivity contribution in [3.8, 4) is 11.4 Å². The van der Waals surface area contributed by atoms with Gasteiger partial charge in [0, 0.05) is 36.5 Å². The number of nitrogens with zero attached hydrogens (tertiary/aromatic N) is 3. The summed E-state index contributed by atoms with van der Waals surface area (Å²) in [6.07, 6.45) is 0.648. The molecular formula is C20H18Cl3N3O2. The van der Waals surface area contributed by atoms with Crippen LogP contribution in [0.4, 0.5) is 0 Å². The maximum atomic E-state index is 12.6. The second-order valence-electron chi connectivity index (χ2n) is 6.17. The van der Waals surface area contributed by atoms with Gasteiger partial charge in [-0.1, -0.05) is 46.0 Å². The van der Waals surface area contributed by atoms with Crippen molar-refractivity contribution >= 4 is 40.7 Å². The van der Waals surface area contributed by atoms with Crippen molar-refractivity contribution < 1.29 is 9.32 Å². The van der Waals surface area contributed by atoms with Gasteiger partial charge in [-0.15, -0.1) is 0 Å². The molecule has 0 aliphatic carbocycles. The van der Waals surface area contributed by atoms with Gasteiger partial charge < -0.3 is 9.42 Å². The average molecular weight is 439 g/mol. The molecule has 28 heavy (non-hydrogen) atoms. The molecule has 0 unspecified atom stereocenters. The summed E-state index contributed by atoms with van der Waals surface area (Å²) in [5.41, 5.74) is 1.73. The summed E-state index contributed by atoms with van der Waals surface area (Å²) in [5, 5.41) is 5.57. The summed E-state index contributed by atoms with van der Waals surface area (Å²) in [4.78, 5) is 18.7. The molecule has 0 atom stereocenters. The summed E-state index contributed by atoms with van der Waals surface area (Å²) < 4.78 is 5.26. The largest absolute Gasteiger partial charge is 0.339 e. The highest BCUT2D eigenvalue weighted by molar-refractivity contribution is 6.42. The lowest BCUT2D eigenvalue weighted by atomic mass is 10.2. The van der Waals surface area contributed by atoms with Gasteiger partial charge >= 0.3 is 0 Å². The quantitative estimate of drug-likeness (QED) is 0.476. The third-order valence-corrected chi connectivity index (χ3v) is 5.21. The van der Waals surface area contributed by atoms with Crippen LogP contribution in [-0.4, -0.2) is 27.5 Å². The highest BCUT2D eigenvalue weighted by atomic mass is 35.5. The molecule has 2 aromatic carbocycles. The van der Waals surface area contributed by atoms with Crippen LogP contribution in [0.5, 0.6) is 0 Å². The predicted octanol–water partition coefficient (Wildman–Crippen LogP) is 5.68. The van der Waals surface area contributed by atoms with E-state index in [0.717, 1.165) is 11.1 Å². The van der Waals surface area contributed by atoms with Gasteiger partial charge in [-0.2, -0.15) is 4.98 Å². The van der Waals surface area contributed by atoms with E-state index in [0.29, 0.717) is 46.3 Å². The molecule has 8 heteroatoms. The van der Waals surface area contributed by atoms with Gasteiger partial charge in [-0.05, 0) is 48.9 Å². The van der Waals surface area contributed by atoms with Gasteiger partial charge in [-0.3, -0.25) is 4.79 Å². The summed E-state index contributed by atoms with van der Waals surface area (Å²) in [6, 6.07) is 12.5. The second-order valence-corrected chi connectivity index (χ2v) is 7.43. The van der Waals surface area contributed by atoms with Gasteiger partial charge in [0.2, 0.25) is 17.6 Å². The molecule has 0 N–H and O–H groups in total. The van der Waals surface area contributed by atoms with Crippen molar-refractivity contribution in [1.29, 1.82) is 0 Å². The van der Waals surface area contributed by atoms with Crippen LogP contribution in [0.15, 0.2) is 47.0 Å². The van der Waals surface area contributed by atoms with E-state index in [4.69, 9.17) is 39.3 Å². The number of amides is 1. The van der Waals surface area contributed by atoms with Crippen LogP contribution < -0.4 is 0 Å². The Morgan fingerprint density at radius 2 is 1.82 bits per heavy atom. The zero-order valence-electron chi connectivity index (χ0n) is 15.2. The van der Waals surface area contributed by atoms with E-state index in [1.54, 1.807) is 29.2 Å². The van der Waals surface area contributed by atoms with E-state index < -0.39 is 0 Å². The first-order valence-corrected chi connectivity index (χ1v) is 9.90. The van der Waals surface area contributed by atoms with Crippen molar-refractivity contribution in [2.24, 2.45) is 0 Å². The molecule has 0 spiro atoms. The monoisotopic (exact) mass is 437 g/mol. The molecule has 0 bridgehead atoms. The summed E-state index contributed by atoms with van der Waals surface area (Å²) in [6.45, 7) is 2.98. The van der Waals surface area contributed by atoms with Crippen molar-refractivity contribution in [2.75, 3.05) is 6.54 Å². The summed E-state index contributed by atoms with van der Waals surface area (Å²) in [7, 11) is 0. The molecule has 3 aromatic rings. The normalized spacial score (nSPS) is 10.9. The minimum Gasteiger partial charge on any atom is -0.339 e. The zero-order chi connectivity index (χ0) is 20.1. The number of rotatable bonds is 7. The van der Waals surface area contributed by atoms with Crippen molar-refractivity contribution in [2.45, 2.75) is 26.3 Å². The minimum atomic E-state index is -0.000171. The molecule has 0 radical (unpaired) electrons. The van der Waals surface area contributed by atoms with E-state index in [1.807, 2.05) is 25.1 Å². The molecule has 1 aromatic heterocycles. The molecule has 1 amide bonds. The zero-order valence-corrected chi connectivity index (χ0v) is 17.4. The Labute approximate surface area is 178 Å². The number of carbonyl (C=O) groups excluding carboxylic acids is 1. The molecule has 0 saturated heterocycles. The molecule has 3 rings (SSSR count). The fourth-order valence-corrected chi connectivity index (χ4v) is 3.13. The van der Waals surface area contributed by atoms with Gasteiger partial charge in [0.25, 0.3) is 0 Å². The highest BCUT2D eigenvalue weighted by Crippen LogP contribution is 2.23. The molecule has 1 heterocycles. The lowest BCUT2D eigenvalue weighted by molar-refractivity contribution is -0.131. The van der Waals surface area contributed by atoms with Crippen molar-refractivity contribution in [1.82, 2.24) is 15.0 Å². The van der Waals surface area contributed by atoms with Crippen LogP contribution in [0.25, 0.3) is 11.4 Å². The second kappa shape index (κ2) is 9.41. The van der Waals surface area contributed by atoms with E-state index in [9.17, 15) is 4.79 Å². The van der Waals surface area contributed by atoms with E-state index >= 15 is 0 Å². The number of halogens is 3. The van der Waals surface area contributed by atoms with E-state index in [1.165, 1.54) is 0 Å². The maximum Gasteiger partial charge on any atom is 0.227 e. The lowest BCUT2D eigenvalue weighted by Gasteiger charge is -2.21. The first-order valence-electron chi connectivity index (χ1n) is 8.76. The molecule has 0 aliphatic heterocycles. The lowest BCUT2D eigenvalue weighted by Crippen LogP contribution is -2.30. The van der Waals surface area contributed by atoms with Gasteiger partial charge in [0.1, 0.15) is 0 Å². The highest BCUT2D eigenvalue weighted by Gasteiger charge is 2.16. The number of hydrogen-bond donors (Lipinski definition) is 0. The van der Waals surface area contributed by atoms with Gasteiger partial charge in [0.05, 0.1) is 10.0 Å². The van der Waals surface area contributed by atoms with Crippen LogP contribution in [-0.2, 0) is 17.8 Å². The SMILES string of the molecule is CCN(Cc1ccc(Cl)c(Cl)c1)C(=O)CCc1nc(-c2ccc(Cl)cc2)no1. The molecular weight excluding hydrogens is 421 g/mol. The molecule has 146 valence electrons. The number of benzene rings is 2. The van der Waals surface area contributed by atoms with Crippen LogP contribution in [0.2, 0.25) is 15.1 Å². The van der Waals surface area contributed by atoms with Crippen LogP contribution in [0.3, 0.4) is 0 Å². The van der Waals surface area contributed by atoms with Crippen LogP contribution >= 0.6 is 34.8 Å². The van der Waals surface area contributed by atoms with Gasteiger partial charge in [0.15, 0.2) is 0 Å². The first kappa shape index (κ1) is 20.6. The minimum absolute atomic E-state index is 0.000171. The third-order valence-electron chi connectivity index (χ3n) is 4.22.